The molecule has 7 heteroatoms. The maximum Gasteiger partial charge on any atom is 0.227 e. The summed E-state index contributed by atoms with van der Waals surface area (Å²) in [5.41, 5.74) is 0.868. The standard InChI is InChI=1S/C19H33N5O2/c1-4-7-16(11-13-25)14-22-19(20-5-2)21-12-10-18(26)24-17-9-6-8-15(3)23-17/h6,8-9,16,25H,4-5,7,10-14H2,1-3H3,(H2,20,21,22)(H,23,24,26). The van der Waals surface area contributed by atoms with Gasteiger partial charge in [0, 0.05) is 38.4 Å². The number of aliphatic imine (C=N–C) groups is 1. The fraction of sp³-hybridized carbons (Fsp3) is 0.632. The first-order valence-electron chi connectivity index (χ1n) is 9.45. The first-order chi connectivity index (χ1) is 12.6. The Morgan fingerprint density at radius 2 is 2.08 bits per heavy atom. The highest BCUT2D eigenvalue weighted by Gasteiger charge is 2.08. The van der Waals surface area contributed by atoms with Crippen molar-refractivity contribution in [2.75, 3.05) is 31.6 Å². The molecule has 0 fully saturated rings. The molecular formula is C19H33N5O2. The van der Waals surface area contributed by atoms with E-state index in [4.69, 9.17) is 5.11 Å². The van der Waals surface area contributed by atoms with Gasteiger partial charge in [0.25, 0.3) is 0 Å². The fourth-order valence-electron chi connectivity index (χ4n) is 2.59. The maximum absolute atomic E-state index is 12.0. The molecule has 0 spiro atoms. The second kappa shape index (κ2) is 13.1. The third-order valence-electron chi connectivity index (χ3n) is 3.89. The Balaban J connectivity index is 2.44. The van der Waals surface area contributed by atoms with Crippen LogP contribution >= 0.6 is 0 Å². The summed E-state index contributed by atoms with van der Waals surface area (Å²) in [5, 5.41) is 18.3. The zero-order chi connectivity index (χ0) is 19.2. The third-order valence-corrected chi connectivity index (χ3v) is 3.89. The zero-order valence-corrected chi connectivity index (χ0v) is 16.2. The first-order valence-corrected chi connectivity index (χ1v) is 9.45. The predicted molar refractivity (Wildman–Crippen MR) is 106 cm³/mol. The molecule has 0 aliphatic rings. The molecule has 0 radical (unpaired) electrons. The number of hydrogen-bond acceptors (Lipinski definition) is 4. The fourth-order valence-corrected chi connectivity index (χ4v) is 2.59. The molecule has 1 atom stereocenters. The second-order valence-corrected chi connectivity index (χ2v) is 6.28. The normalized spacial score (nSPS) is 12.5. The van der Waals surface area contributed by atoms with Crippen molar-refractivity contribution in [3.63, 3.8) is 0 Å². The van der Waals surface area contributed by atoms with Gasteiger partial charge in [0.2, 0.25) is 5.91 Å². The summed E-state index contributed by atoms with van der Waals surface area (Å²) in [4.78, 5) is 20.9. The van der Waals surface area contributed by atoms with Crippen molar-refractivity contribution in [1.82, 2.24) is 15.6 Å². The van der Waals surface area contributed by atoms with Gasteiger partial charge in [-0.15, -0.1) is 0 Å². The minimum absolute atomic E-state index is 0.0874. The van der Waals surface area contributed by atoms with Crippen LogP contribution in [0.1, 0.15) is 45.2 Å². The average molecular weight is 364 g/mol. The molecule has 0 saturated heterocycles. The predicted octanol–water partition coefficient (Wildman–Crippen LogP) is 2.07. The molecule has 0 aromatic carbocycles. The largest absolute Gasteiger partial charge is 0.396 e. The summed E-state index contributed by atoms with van der Waals surface area (Å²) in [7, 11) is 0. The molecule has 0 aliphatic carbocycles. The summed E-state index contributed by atoms with van der Waals surface area (Å²) in [6.07, 6.45) is 3.23. The number of amides is 1. The van der Waals surface area contributed by atoms with Crippen LogP contribution < -0.4 is 16.0 Å². The molecule has 7 nitrogen and oxygen atoms in total. The minimum atomic E-state index is -0.0874. The van der Waals surface area contributed by atoms with Gasteiger partial charge in [0.1, 0.15) is 5.82 Å². The number of carbonyl (C=O) groups excluding carboxylic acids is 1. The van der Waals surface area contributed by atoms with Gasteiger partial charge in [-0.2, -0.15) is 0 Å². The SMILES string of the molecule is CCCC(CCO)CN=C(NCC)NCCC(=O)Nc1cccc(C)n1. The molecule has 0 aliphatic heterocycles. The molecule has 4 N–H and O–H groups in total. The topological polar surface area (TPSA) is 98.6 Å². The number of hydrogen-bond donors (Lipinski definition) is 4. The second-order valence-electron chi connectivity index (χ2n) is 6.28. The van der Waals surface area contributed by atoms with E-state index < -0.39 is 0 Å². The van der Waals surface area contributed by atoms with Gasteiger partial charge in [-0.3, -0.25) is 9.79 Å². The maximum atomic E-state index is 12.0. The van der Waals surface area contributed by atoms with Crippen LogP contribution in [0, 0.1) is 12.8 Å². The molecule has 146 valence electrons. The number of anilines is 1. The van der Waals surface area contributed by atoms with Crippen LogP contribution in [0.4, 0.5) is 5.82 Å². The number of rotatable bonds is 11. The molecule has 0 saturated carbocycles. The lowest BCUT2D eigenvalue weighted by atomic mass is 10.0. The van der Waals surface area contributed by atoms with Gasteiger partial charge >= 0.3 is 0 Å². The van der Waals surface area contributed by atoms with Gasteiger partial charge in [-0.05, 0) is 44.7 Å². The van der Waals surface area contributed by atoms with E-state index in [0.29, 0.717) is 37.2 Å². The van der Waals surface area contributed by atoms with E-state index in [1.807, 2.05) is 26.0 Å². The van der Waals surface area contributed by atoms with Crippen molar-refractivity contribution in [3.05, 3.63) is 23.9 Å². The number of guanidine groups is 1. The van der Waals surface area contributed by atoms with Gasteiger partial charge in [0.05, 0.1) is 0 Å². The highest BCUT2D eigenvalue weighted by atomic mass is 16.3. The Hall–Kier alpha value is -2.15. The monoisotopic (exact) mass is 363 g/mol. The molecule has 1 heterocycles. The number of aromatic nitrogens is 1. The van der Waals surface area contributed by atoms with Crippen molar-refractivity contribution in [3.8, 4) is 0 Å². The zero-order valence-electron chi connectivity index (χ0n) is 16.2. The van der Waals surface area contributed by atoms with Crippen LogP contribution in [0.25, 0.3) is 0 Å². The summed E-state index contributed by atoms with van der Waals surface area (Å²) in [6, 6.07) is 5.53. The highest BCUT2D eigenvalue weighted by Crippen LogP contribution is 2.11. The Kier molecular flexibility index (Phi) is 11.0. The van der Waals surface area contributed by atoms with E-state index in [9.17, 15) is 4.79 Å². The van der Waals surface area contributed by atoms with E-state index in [1.54, 1.807) is 6.07 Å². The van der Waals surface area contributed by atoms with E-state index >= 15 is 0 Å². The number of aryl methyl sites for hydroxylation is 1. The number of carbonyl (C=O) groups is 1. The van der Waals surface area contributed by atoms with Crippen molar-refractivity contribution in [2.24, 2.45) is 10.9 Å². The van der Waals surface area contributed by atoms with Crippen LogP contribution in [0.5, 0.6) is 0 Å². The Morgan fingerprint density at radius 3 is 2.73 bits per heavy atom. The summed E-state index contributed by atoms with van der Waals surface area (Å²) in [5.74, 6) is 1.57. The quantitative estimate of drug-likeness (QED) is 0.356. The number of aliphatic hydroxyl groups is 1. The Labute approximate surface area is 156 Å². The summed E-state index contributed by atoms with van der Waals surface area (Å²) < 4.78 is 0. The van der Waals surface area contributed by atoms with Gasteiger partial charge in [-0.25, -0.2) is 4.98 Å². The van der Waals surface area contributed by atoms with Gasteiger partial charge < -0.3 is 21.1 Å². The lowest BCUT2D eigenvalue weighted by Gasteiger charge is -2.15. The minimum Gasteiger partial charge on any atom is -0.396 e. The number of nitrogens with one attached hydrogen (secondary N) is 3. The lowest BCUT2D eigenvalue weighted by Crippen LogP contribution is -2.39. The van der Waals surface area contributed by atoms with Crippen LogP contribution in [0.15, 0.2) is 23.2 Å². The molecule has 0 bridgehead atoms. The Bertz CT molecular complexity index is 557. The van der Waals surface area contributed by atoms with Crippen LogP contribution in [-0.4, -0.2) is 48.2 Å². The van der Waals surface area contributed by atoms with Crippen molar-refractivity contribution in [1.29, 1.82) is 0 Å². The van der Waals surface area contributed by atoms with Gasteiger partial charge in [-0.1, -0.05) is 19.4 Å². The van der Waals surface area contributed by atoms with E-state index in [0.717, 1.165) is 31.5 Å². The molecule has 1 amide bonds. The molecule has 1 rings (SSSR count). The molecular weight excluding hydrogens is 330 g/mol. The van der Waals surface area contributed by atoms with E-state index in [2.05, 4.69) is 32.9 Å². The smallest absolute Gasteiger partial charge is 0.227 e. The Morgan fingerprint density at radius 1 is 1.27 bits per heavy atom. The van der Waals surface area contributed by atoms with Crippen molar-refractivity contribution >= 4 is 17.7 Å². The highest BCUT2D eigenvalue weighted by molar-refractivity contribution is 5.90. The third kappa shape index (κ3) is 9.36. The van der Waals surface area contributed by atoms with Crippen molar-refractivity contribution < 1.29 is 9.90 Å². The summed E-state index contributed by atoms with van der Waals surface area (Å²) in [6.45, 7) is 8.13. The molecule has 1 unspecified atom stereocenters. The van der Waals surface area contributed by atoms with Crippen molar-refractivity contribution in [2.45, 2.75) is 46.5 Å². The van der Waals surface area contributed by atoms with Gasteiger partial charge in [0.15, 0.2) is 5.96 Å². The van der Waals surface area contributed by atoms with E-state index in [1.165, 1.54) is 0 Å². The number of aliphatic hydroxyl groups excluding tert-OH is 1. The summed E-state index contributed by atoms with van der Waals surface area (Å²) >= 11 is 0. The van der Waals surface area contributed by atoms with Crippen LogP contribution in [-0.2, 0) is 4.79 Å². The number of nitrogens with zero attached hydrogens (tertiary/aromatic N) is 2. The van der Waals surface area contributed by atoms with Crippen LogP contribution in [0.2, 0.25) is 0 Å². The molecule has 26 heavy (non-hydrogen) atoms. The average Bonchev–Trinajstić information content (AvgIpc) is 2.60. The van der Waals surface area contributed by atoms with E-state index in [-0.39, 0.29) is 12.5 Å². The molecule has 1 aromatic heterocycles. The lowest BCUT2D eigenvalue weighted by molar-refractivity contribution is -0.116. The molecule has 1 aromatic rings. The number of pyridine rings is 1. The first kappa shape index (κ1) is 21.9. The van der Waals surface area contributed by atoms with Crippen LogP contribution in [0.3, 0.4) is 0 Å².